The Morgan fingerprint density at radius 2 is 1.77 bits per heavy atom. The number of piperidine rings is 1. The quantitative estimate of drug-likeness (QED) is 0.649. The van der Waals surface area contributed by atoms with Crippen molar-refractivity contribution in [2.24, 2.45) is 0 Å². The molecule has 2 unspecified atom stereocenters. The van der Waals surface area contributed by atoms with Crippen LogP contribution in [0.3, 0.4) is 0 Å². The first kappa shape index (κ1) is 22.7. The molecule has 0 radical (unpaired) electrons. The predicted octanol–water partition coefficient (Wildman–Crippen LogP) is 3.75. The van der Waals surface area contributed by atoms with Crippen molar-refractivity contribution in [3.8, 4) is 0 Å². The number of carbonyl (C=O) groups is 1. The molecule has 1 saturated heterocycles. The number of pyridine rings is 1. The van der Waals surface area contributed by atoms with E-state index in [1.165, 1.54) is 34.4 Å². The molecule has 1 amide bonds. The number of halogens is 1. The van der Waals surface area contributed by atoms with E-state index in [2.05, 4.69) is 10.3 Å². The van der Waals surface area contributed by atoms with Gasteiger partial charge in [0.25, 0.3) is 0 Å². The Kier molecular flexibility index (Phi) is 7.49. The van der Waals surface area contributed by atoms with Gasteiger partial charge < -0.3 is 5.32 Å². The van der Waals surface area contributed by atoms with Crippen molar-refractivity contribution in [2.75, 3.05) is 13.1 Å². The molecule has 0 aliphatic carbocycles. The van der Waals surface area contributed by atoms with Gasteiger partial charge in [-0.05, 0) is 56.5 Å². The van der Waals surface area contributed by atoms with Crippen molar-refractivity contribution in [1.82, 2.24) is 14.6 Å². The molecule has 3 rings (SSSR count). The van der Waals surface area contributed by atoms with Gasteiger partial charge in [0.2, 0.25) is 15.9 Å². The summed E-state index contributed by atoms with van der Waals surface area (Å²) in [6.07, 6.45) is 4.17. The number of nitrogens with one attached hydrogen (secondary N) is 1. The molecule has 162 valence electrons. The summed E-state index contributed by atoms with van der Waals surface area (Å²) in [6, 6.07) is 8.92. The highest BCUT2D eigenvalue weighted by Crippen LogP contribution is 2.25. The number of aromatic nitrogens is 1. The monoisotopic (exact) mass is 451 g/mol. The van der Waals surface area contributed by atoms with Crippen LogP contribution in [0, 0.1) is 5.82 Å². The second kappa shape index (κ2) is 9.89. The van der Waals surface area contributed by atoms with Crippen molar-refractivity contribution >= 4 is 27.7 Å². The second-order valence-electron chi connectivity index (χ2n) is 7.34. The average Bonchev–Trinajstić information content (AvgIpc) is 2.75. The lowest BCUT2D eigenvalue weighted by Crippen LogP contribution is -2.35. The fourth-order valence-electron chi connectivity index (χ4n) is 3.24. The third kappa shape index (κ3) is 5.59. The van der Waals surface area contributed by atoms with Crippen LogP contribution in [0.5, 0.6) is 0 Å². The van der Waals surface area contributed by atoms with Crippen LogP contribution in [0.15, 0.2) is 52.5 Å². The number of rotatable bonds is 7. The zero-order valence-electron chi connectivity index (χ0n) is 17.0. The molecule has 1 fully saturated rings. The summed E-state index contributed by atoms with van der Waals surface area (Å²) < 4.78 is 40.0. The van der Waals surface area contributed by atoms with Crippen LogP contribution in [-0.4, -0.2) is 42.0 Å². The van der Waals surface area contributed by atoms with E-state index in [1.54, 1.807) is 31.2 Å². The number of hydrogen-bond acceptors (Lipinski definition) is 5. The minimum atomic E-state index is -3.52. The Morgan fingerprint density at radius 1 is 1.10 bits per heavy atom. The Balaban J connectivity index is 1.59. The maximum absolute atomic E-state index is 13.1. The summed E-state index contributed by atoms with van der Waals surface area (Å²) in [4.78, 5) is 16.9. The molecule has 0 spiro atoms. The lowest BCUT2D eigenvalue weighted by Gasteiger charge is -2.25. The van der Waals surface area contributed by atoms with Crippen LogP contribution in [0.1, 0.15) is 44.7 Å². The standard InChI is InChI=1S/C21H26FN3O3S2/c1-15(17-6-8-18(22)9-7-17)24-21(26)16(2)29-20-11-10-19(14-23-20)30(27,28)25-12-4-3-5-13-25/h6-11,14-16H,3-5,12-13H2,1-2H3,(H,24,26). The lowest BCUT2D eigenvalue weighted by molar-refractivity contribution is -0.120. The number of sulfonamides is 1. The maximum atomic E-state index is 13.1. The van der Waals surface area contributed by atoms with Gasteiger partial charge in [-0.15, -0.1) is 0 Å². The molecule has 2 heterocycles. The molecule has 9 heteroatoms. The normalized spacial score (nSPS) is 17.3. The molecular weight excluding hydrogens is 425 g/mol. The summed E-state index contributed by atoms with van der Waals surface area (Å²) >= 11 is 1.25. The Bertz CT molecular complexity index is 960. The van der Waals surface area contributed by atoms with Gasteiger partial charge in [-0.1, -0.05) is 30.3 Å². The fraction of sp³-hybridized carbons (Fsp3) is 0.429. The van der Waals surface area contributed by atoms with E-state index in [-0.39, 0.29) is 22.7 Å². The van der Waals surface area contributed by atoms with E-state index in [0.29, 0.717) is 18.1 Å². The second-order valence-corrected chi connectivity index (χ2v) is 10.6. The molecule has 1 aliphatic rings. The first-order valence-corrected chi connectivity index (χ1v) is 12.3. The number of thioether (sulfide) groups is 1. The van der Waals surface area contributed by atoms with Crippen molar-refractivity contribution in [2.45, 2.75) is 54.3 Å². The van der Waals surface area contributed by atoms with E-state index in [4.69, 9.17) is 0 Å². The lowest BCUT2D eigenvalue weighted by atomic mass is 10.1. The molecule has 1 aromatic heterocycles. The molecule has 2 aromatic rings. The fourth-order valence-corrected chi connectivity index (χ4v) is 5.50. The van der Waals surface area contributed by atoms with Crippen LogP contribution in [0.2, 0.25) is 0 Å². The highest BCUT2D eigenvalue weighted by molar-refractivity contribution is 8.00. The van der Waals surface area contributed by atoms with Gasteiger partial charge in [-0.3, -0.25) is 4.79 Å². The van der Waals surface area contributed by atoms with E-state index >= 15 is 0 Å². The largest absolute Gasteiger partial charge is 0.349 e. The highest BCUT2D eigenvalue weighted by atomic mass is 32.2. The number of amides is 1. The first-order valence-electron chi connectivity index (χ1n) is 9.96. The van der Waals surface area contributed by atoms with Crippen LogP contribution in [0.25, 0.3) is 0 Å². The SMILES string of the molecule is CC(Sc1ccc(S(=O)(=O)N2CCCCC2)cn1)C(=O)NC(C)c1ccc(F)cc1. The Hall–Kier alpha value is -1.97. The minimum Gasteiger partial charge on any atom is -0.349 e. The summed E-state index contributed by atoms with van der Waals surface area (Å²) in [5.41, 5.74) is 0.812. The van der Waals surface area contributed by atoms with Crippen molar-refractivity contribution in [3.63, 3.8) is 0 Å². The van der Waals surface area contributed by atoms with Gasteiger partial charge in [0, 0.05) is 19.3 Å². The summed E-state index contributed by atoms with van der Waals surface area (Å²) in [6.45, 7) is 4.68. The van der Waals surface area contributed by atoms with Crippen LogP contribution in [0.4, 0.5) is 4.39 Å². The molecular formula is C21H26FN3O3S2. The summed E-state index contributed by atoms with van der Waals surface area (Å²) in [7, 11) is -3.52. The zero-order valence-corrected chi connectivity index (χ0v) is 18.7. The van der Waals surface area contributed by atoms with Gasteiger partial charge in [0.05, 0.1) is 16.3 Å². The van der Waals surface area contributed by atoms with Crippen LogP contribution < -0.4 is 5.32 Å². The van der Waals surface area contributed by atoms with Gasteiger partial charge in [-0.2, -0.15) is 4.31 Å². The number of hydrogen-bond donors (Lipinski definition) is 1. The van der Waals surface area contributed by atoms with Gasteiger partial charge >= 0.3 is 0 Å². The first-order chi connectivity index (χ1) is 14.3. The molecule has 0 saturated carbocycles. The van der Waals surface area contributed by atoms with Gasteiger partial charge in [-0.25, -0.2) is 17.8 Å². The molecule has 1 aliphatic heterocycles. The van der Waals surface area contributed by atoms with E-state index in [0.717, 1.165) is 24.8 Å². The predicted molar refractivity (Wildman–Crippen MR) is 115 cm³/mol. The van der Waals surface area contributed by atoms with Crippen molar-refractivity contribution in [3.05, 3.63) is 54.0 Å². The molecule has 1 N–H and O–H groups in total. The smallest absolute Gasteiger partial charge is 0.244 e. The third-order valence-corrected chi connectivity index (χ3v) is 7.99. The zero-order chi connectivity index (χ0) is 21.7. The number of carbonyl (C=O) groups excluding carboxylic acids is 1. The summed E-state index contributed by atoms with van der Waals surface area (Å²) in [5.74, 6) is -0.498. The summed E-state index contributed by atoms with van der Waals surface area (Å²) in [5, 5.41) is 3.05. The number of nitrogens with zero attached hydrogens (tertiary/aromatic N) is 2. The van der Waals surface area contributed by atoms with E-state index in [9.17, 15) is 17.6 Å². The Labute approximate surface area is 181 Å². The van der Waals surface area contributed by atoms with E-state index < -0.39 is 15.3 Å². The number of benzene rings is 1. The third-order valence-electron chi connectivity index (χ3n) is 5.06. The van der Waals surface area contributed by atoms with Crippen molar-refractivity contribution in [1.29, 1.82) is 0 Å². The topological polar surface area (TPSA) is 79.4 Å². The molecule has 2 atom stereocenters. The maximum Gasteiger partial charge on any atom is 0.244 e. The van der Waals surface area contributed by atoms with E-state index in [1.807, 2.05) is 6.92 Å². The van der Waals surface area contributed by atoms with Gasteiger partial charge in [0.1, 0.15) is 10.7 Å². The highest BCUT2D eigenvalue weighted by Gasteiger charge is 2.26. The molecule has 1 aromatic carbocycles. The molecule has 6 nitrogen and oxygen atoms in total. The minimum absolute atomic E-state index is 0.177. The molecule has 0 bridgehead atoms. The molecule has 30 heavy (non-hydrogen) atoms. The van der Waals surface area contributed by atoms with Crippen LogP contribution in [-0.2, 0) is 14.8 Å². The Morgan fingerprint density at radius 3 is 2.37 bits per heavy atom. The average molecular weight is 452 g/mol. The van der Waals surface area contributed by atoms with Crippen molar-refractivity contribution < 1.29 is 17.6 Å². The van der Waals surface area contributed by atoms with Crippen LogP contribution >= 0.6 is 11.8 Å². The van der Waals surface area contributed by atoms with Gasteiger partial charge in [0.15, 0.2) is 0 Å².